The van der Waals surface area contributed by atoms with Crippen molar-refractivity contribution in [3.63, 3.8) is 0 Å². The first-order valence-corrected chi connectivity index (χ1v) is 7.73. The monoisotopic (exact) mass is 315 g/mol. The van der Waals surface area contributed by atoms with Crippen LogP contribution in [0.1, 0.15) is 36.5 Å². The highest BCUT2D eigenvalue weighted by molar-refractivity contribution is 5.83. The molecule has 0 radical (unpaired) electrons. The Morgan fingerprint density at radius 2 is 1.87 bits per heavy atom. The number of carbonyl (C=O) groups excluding carboxylic acids is 1. The van der Waals surface area contributed by atoms with Crippen molar-refractivity contribution < 1.29 is 14.3 Å². The minimum Gasteiger partial charge on any atom is -0.392 e. The molecule has 1 amide bonds. The van der Waals surface area contributed by atoms with E-state index in [1.165, 1.54) is 6.07 Å². The Labute approximate surface area is 136 Å². The highest BCUT2D eigenvalue weighted by Crippen LogP contribution is 2.24. The molecule has 23 heavy (non-hydrogen) atoms. The second-order valence-electron chi connectivity index (χ2n) is 5.93. The van der Waals surface area contributed by atoms with Crippen LogP contribution in [0.3, 0.4) is 0 Å². The van der Waals surface area contributed by atoms with Gasteiger partial charge in [0.05, 0.1) is 12.5 Å². The second kappa shape index (κ2) is 7.88. The lowest BCUT2D eigenvalue weighted by Crippen LogP contribution is -2.31. The van der Waals surface area contributed by atoms with Crippen molar-refractivity contribution in [1.82, 2.24) is 5.32 Å². The van der Waals surface area contributed by atoms with Crippen molar-refractivity contribution in [1.29, 1.82) is 0 Å². The fraction of sp³-hybridized carbons (Fsp3) is 0.316. The van der Waals surface area contributed by atoms with E-state index in [0.717, 1.165) is 11.1 Å². The van der Waals surface area contributed by atoms with E-state index in [9.17, 15) is 9.18 Å². The van der Waals surface area contributed by atoms with Crippen molar-refractivity contribution in [2.75, 3.05) is 0 Å². The van der Waals surface area contributed by atoms with Crippen LogP contribution in [-0.2, 0) is 17.9 Å². The molecule has 0 spiro atoms. The number of aliphatic hydroxyl groups excluding tert-OH is 1. The Bertz CT molecular complexity index is 656. The normalized spacial score (nSPS) is 12.2. The SMILES string of the molecule is CC(C)C(C(=O)NCc1ccc(F)c(CO)c1)c1ccccc1. The van der Waals surface area contributed by atoms with E-state index >= 15 is 0 Å². The zero-order valence-corrected chi connectivity index (χ0v) is 13.4. The third-order valence-corrected chi connectivity index (χ3v) is 3.86. The highest BCUT2D eigenvalue weighted by Gasteiger charge is 2.23. The number of hydrogen-bond donors (Lipinski definition) is 2. The Hall–Kier alpha value is -2.20. The molecule has 1 atom stereocenters. The minimum atomic E-state index is -0.438. The zero-order chi connectivity index (χ0) is 16.8. The first kappa shape index (κ1) is 17.2. The van der Waals surface area contributed by atoms with Crippen molar-refractivity contribution >= 4 is 5.91 Å². The van der Waals surface area contributed by atoms with Crippen molar-refractivity contribution in [3.8, 4) is 0 Å². The summed E-state index contributed by atoms with van der Waals surface area (Å²) in [5.41, 5.74) is 1.98. The van der Waals surface area contributed by atoms with Gasteiger partial charge in [-0.25, -0.2) is 4.39 Å². The van der Waals surface area contributed by atoms with Gasteiger partial charge in [0.15, 0.2) is 0 Å². The Kier molecular flexibility index (Phi) is 5.88. The van der Waals surface area contributed by atoms with Crippen LogP contribution in [0.5, 0.6) is 0 Å². The average Bonchev–Trinajstić information content (AvgIpc) is 2.55. The van der Waals surface area contributed by atoms with Crippen molar-refractivity contribution in [2.24, 2.45) is 5.92 Å². The number of hydrogen-bond acceptors (Lipinski definition) is 2. The van der Waals surface area contributed by atoms with Crippen LogP contribution in [0, 0.1) is 11.7 Å². The molecule has 2 N–H and O–H groups in total. The quantitative estimate of drug-likeness (QED) is 0.858. The van der Waals surface area contributed by atoms with E-state index < -0.39 is 5.82 Å². The van der Waals surface area contributed by atoms with Gasteiger partial charge in [-0.05, 0) is 29.2 Å². The van der Waals surface area contributed by atoms with Gasteiger partial charge in [0.1, 0.15) is 5.82 Å². The van der Waals surface area contributed by atoms with Crippen molar-refractivity contribution in [3.05, 3.63) is 71.0 Å². The lowest BCUT2D eigenvalue weighted by molar-refractivity contribution is -0.123. The summed E-state index contributed by atoms with van der Waals surface area (Å²) < 4.78 is 13.4. The number of amides is 1. The number of aliphatic hydroxyl groups is 1. The van der Waals surface area contributed by atoms with E-state index in [-0.39, 0.29) is 29.9 Å². The largest absolute Gasteiger partial charge is 0.392 e. The Morgan fingerprint density at radius 1 is 1.17 bits per heavy atom. The molecule has 0 fully saturated rings. The van der Waals surface area contributed by atoms with Gasteiger partial charge in [-0.2, -0.15) is 0 Å². The molecule has 0 saturated carbocycles. The summed E-state index contributed by atoms with van der Waals surface area (Å²) in [5.74, 6) is -0.555. The molecule has 2 aromatic carbocycles. The lowest BCUT2D eigenvalue weighted by Gasteiger charge is -2.21. The topological polar surface area (TPSA) is 49.3 Å². The summed E-state index contributed by atoms with van der Waals surface area (Å²) in [6, 6.07) is 14.2. The van der Waals surface area contributed by atoms with Crippen LogP contribution < -0.4 is 5.32 Å². The number of nitrogens with one attached hydrogen (secondary N) is 1. The van der Waals surface area contributed by atoms with E-state index in [1.807, 2.05) is 44.2 Å². The van der Waals surface area contributed by atoms with E-state index in [2.05, 4.69) is 5.32 Å². The van der Waals surface area contributed by atoms with Gasteiger partial charge in [-0.3, -0.25) is 4.79 Å². The predicted molar refractivity (Wildman–Crippen MR) is 88.2 cm³/mol. The summed E-state index contributed by atoms with van der Waals surface area (Å²) in [6.07, 6.45) is 0. The van der Waals surface area contributed by atoms with Crippen LogP contribution in [0.25, 0.3) is 0 Å². The molecule has 1 unspecified atom stereocenters. The molecule has 0 aliphatic heterocycles. The Balaban J connectivity index is 2.08. The number of rotatable bonds is 6. The molecule has 0 aliphatic carbocycles. The zero-order valence-electron chi connectivity index (χ0n) is 13.4. The maximum absolute atomic E-state index is 13.4. The molecule has 0 aromatic heterocycles. The van der Waals surface area contributed by atoms with E-state index in [4.69, 9.17) is 5.11 Å². The van der Waals surface area contributed by atoms with Gasteiger partial charge in [-0.1, -0.05) is 50.2 Å². The summed E-state index contributed by atoms with van der Waals surface area (Å²) in [7, 11) is 0. The van der Waals surface area contributed by atoms with Gasteiger partial charge in [0, 0.05) is 12.1 Å². The van der Waals surface area contributed by atoms with Gasteiger partial charge < -0.3 is 10.4 Å². The summed E-state index contributed by atoms with van der Waals surface area (Å²) in [5, 5.41) is 12.0. The number of halogens is 1. The van der Waals surface area contributed by atoms with E-state index in [0.29, 0.717) is 6.54 Å². The molecular weight excluding hydrogens is 293 g/mol. The van der Waals surface area contributed by atoms with Crippen LogP contribution in [0.15, 0.2) is 48.5 Å². The molecule has 0 aliphatic rings. The summed E-state index contributed by atoms with van der Waals surface area (Å²) in [6.45, 7) is 3.98. The third kappa shape index (κ3) is 4.39. The summed E-state index contributed by atoms with van der Waals surface area (Å²) >= 11 is 0. The van der Waals surface area contributed by atoms with Crippen molar-refractivity contribution in [2.45, 2.75) is 32.9 Å². The molecule has 0 bridgehead atoms. The standard InChI is InChI=1S/C19H22FNO2/c1-13(2)18(15-6-4-3-5-7-15)19(23)21-11-14-8-9-17(20)16(10-14)12-22/h3-10,13,18,22H,11-12H2,1-2H3,(H,21,23). The maximum atomic E-state index is 13.4. The predicted octanol–water partition coefficient (Wildman–Crippen LogP) is 3.37. The average molecular weight is 315 g/mol. The third-order valence-electron chi connectivity index (χ3n) is 3.86. The Morgan fingerprint density at radius 3 is 2.48 bits per heavy atom. The first-order valence-electron chi connectivity index (χ1n) is 7.73. The second-order valence-corrected chi connectivity index (χ2v) is 5.93. The molecule has 3 nitrogen and oxygen atoms in total. The molecule has 0 heterocycles. The highest BCUT2D eigenvalue weighted by atomic mass is 19.1. The number of benzene rings is 2. The molecule has 122 valence electrons. The number of carbonyl (C=O) groups is 1. The fourth-order valence-corrected chi connectivity index (χ4v) is 2.66. The molecule has 2 aromatic rings. The smallest absolute Gasteiger partial charge is 0.228 e. The first-order chi connectivity index (χ1) is 11.0. The fourth-order valence-electron chi connectivity index (χ4n) is 2.66. The van der Waals surface area contributed by atoms with Crippen LogP contribution in [0.2, 0.25) is 0 Å². The van der Waals surface area contributed by atoms with Gasteiger partial charge in [0.25, 0.3) is 0 Å². The molecule has 0 saturated heterocycles. The van der Waals surface area contributed by atoms with Crippen LogP contribution >= 0.6 is 0 Å². The van der Waals surface area contributed by atoms with Crippen LogP contribution in [-0.4, -0.2) is 11.0 Å². The van der Waals surface area contributed by atoms with Gasteiger partial charge in [0.2, 0.25) is 5.91 Å². The van der Waals surface area contributed by atoms with E-state index in [1.54, 1.807) is 12.1 Å². The lowest BCUT2D eigenvalue weighted by atomic mass is 9.87. The molecule has 2 rings (SSSR count). The maximum Gasteiger partial charge on any atom is 0.228 e. The molecule has 4 heteroatoms. The van der Waals surface area contributed by atoms with Crippen LogP contribution in [0.4, 0.5) is 4.39 Å². The van der Waals surface area contributed by atoms with Gasteiger partial charge in [-0.15, -0.1) is 0 Å². The summed E-state index contributed by atoms with van der Waals surface area (Å²) in [4.78, 5) is 12.5. The molecular formula is C19H22FNO2. The minimum absolute atomic E-state index is 0.0546. The van der Waals surface area contributed by atoms with Gasteiger partial charge >= 0.3 is 0 Å².